The quantitative estimate of drug-likeness (QED) is 0.815. The van der Waals surface area contributed by atoms with Crippen molar-refractivity contribution in [1.29, 1.82) is 0 Å². The van der Waals surface area contributed by atoms with Crippen molar-refractivity contribution in [3.63, 3.8) is 0 Å². The minimum atomic E-state index is -0.632. The van der Waals surface area contributed by atoms with Crippen LogP contribution in [0, 0.1) is 11.6 Å². The molecule has 5 nitrogen and oxygen atoms in total. The molecule has 0 saturated carbocycles. The van der Waals surface area contributed by atoms with Gasteiger partial charge in [0.25, 0.3) is 0 Å². The van der Waals surface area contributed by atoms with Crippen LogP contribution in [0.1, 0.15) is 35.3 Å². The van der Waals surface area contributed by atoms with E-state index < -0.39 is 23.6 Å². The lowest BCUT2D eigenvalue weighted by atomic mass is 10.0. The minimum Gasteiger partial charge on any atom is -0.480 e. The van der Waals surface area contributed by atoms with Crippen LogP contribution in [0.2, 0.25) is 0 Å². The van der Waals surface area contributed by atoms with Gasteiger partial charge in [0.15, 0.2) is 0 Å². The number of methoxy groups -OCH3 is 2. The maximum atomic E-state index is 14.0. The molecule has 128 valence electrons. The van der Waals surface area contributed by atoms with Gasteiger partial charge < -0.3 is 14.8 Å². The Kier molecular flexibility index (Phi) is 5.68. The molecule has 7 heteroatoms. The first-order valence-corrected chi connectivity index (χ1v) is 7.35. The third kappa shape index (κ3) is 3.79. The van der Waals surface area contributed by atoms with Gasteiger partial charge in [0.1, 0.15) is 23.0 Å². The third-order valence-electron chi connectivity index (χ3n) is 3.53. The number of esters is 1. The number of carbonyl (C=O) groups is 1. The van der Waals surface area contributed by atoms with Crippen LogP contribution in [0.5, 0.6) is 5.88 Å². The Morgan fingerprint density at radius 1 is 1.25 bits per heavy atom. The van der Waals surface area contributed by atoms with E-state index in [0.717, 1.165) is 6.07 Å². The lowest BCUT2D eigenvalue weighted by molar-refractivity contribution is 0.0596. The molecule has 24 heavy (non-hydrogen) atoms. The summed E-state index contributed by atoms with van der Waals surface area (Å²) in [5.74, 6) is -1.33. The zero-order valence-corrected chi connectivity index (χ0v) is 13.6. The number of pyridine rings is 1. The summed E-state index contributed by atoms with van der Waals surface area (Å²) in [7, 11) is 2.65. The Balaban J connectivity index is 2.29. The van der Waals surface area contributed by atoms with Gasteiger partial charge in [-0.25, -0.2) is 13.6 Å². The van der Waals surface area contributed by atoms with Crippen molar-refractivity contribution in [2.24, 2.45) is 0 Å². The minimum absolute atomic E-state index is 0.0984. The Bertz CT molecular complexity index is 738. The number of halogens is 2. The molecule has 0 radical (unpaired) electrons. The molecule has 0 fully saturated rings. The number of nitrogens with zero attached hydrogens (tertiary/aromatic N) is 1. The highest BCUT2D eigenvalue weighted by molar-refractivity contribution is 5.92. The molecule has 2 rings (SSSR count). The first-order valence-electron chi connectivity index (χ1n) is 7.35. The summed E-state index contributed by atoms with van der Waals surface area (Å²) in [6, 6.07) is 6.11. The van der Waals surface area contributed by atoms with Crippen LogP contribution < -0.4 is 10.1 Å². The molecular formula is C17H18F2N2O3. The zero-order valence-electron chi connectivity index (χ0n) is 13.6. The first-order chi connectivity index (χ1) is 11.5. The molecule has 0 amide bonds. The van der Waals surface area contributed by atoms with E-state index in [9.17, 15) is 13.6 Å². The highest BCUT2D eigenvalue weighted by Crippen LogP contribution is 2.26. The van der Waals surface area contributed by atoms with Crippen LogP contribution in [0.15, 0.2) is 30.3 Å². The van der Waals surface area contributed by atoms with E-state index in [-0.39, 0.29) is 11.4 Å². The van der Waals surface area contributed by atoms with Crippen molar-refractivity contribution in [1.82, 2.24) is 4.98 Å². The Morgan fingerprint density at radius 3 is 2.58 bits per heavy atom. The summed E-state index contributed by atoms with van der Waals surface area (Å²) >= 11 is 0. The summed E-state index contributed by atoms with van der Waals surface area (Å²) in [6.07, 6.45) is 0.547. The van der Waals surface area contributed by atoms with Crippen molar-refractivity contribution in [3.8, 4) is 5.88 Å². The van der Waals surface area contributed by atoms with Gasteiger partial charge >= 0.3 is 5.97 Å². The van der Waals surface area contributed by atoms with Crippen molar-refractivity contribution in [2.75, 3.05) is 19.5 Å². The van der Waals surface area contributed by atoms with Crippen LogP contribution in [0.3, 0.4) is 0 Å². The van der Waals surface area contributed by atoms with Crippen molar-refractivity contribution >= 4 is 11.8 Å². The Morgan fingerprint density at radius 2 is 2.00 bits per heavy atom. The SMILES string of the molecule is CCC(Nc1ccc(C(=O)OC)c(OC)n1)c1ccc(F)cc1F. The molecule has 1 aromatic heterocycles. The number of rotatable bonds is 6. The molecule has 0 aliphatic rings. The van der Waals surface area contributed by atoms with Crippen LogP contribution >= 0.6 is 0 Å². The second kappa shape index (κ2) is 7.72. The lowest BCUT2D eigenvalue weighted by Gasteiger charge is -2.19. The van der Waals surface area contributed by atoms with E-state index in [1.54, 1.807) is 6.07 Å². The van der Waals surface area contributed by atoms with Crippen molar-refractivity contribution in [3.05, 3.63) is 53.1 Å². The number of benzene rings is 1. The van der Waals surface area contributed by atoms with Crippen molar-refractivity contribution < 1.29 is 23.0 Å². The lowest BCUT2D eigenvalue weighted by Crippen LogP contribution is -2.14. The fourth-order valence-corrected chi connectivity index (χ4v) is 2.30. The van der Waals surface area contributed by atoms with Gasteiger partial charge in [-0.05, 0) is 24.6 Å². The van der Waals surface area contributed by atoms with Crippen LogP contribution in [-0.2, 0) is 4.74 Å². The van der Waals surface area contributed by atoms with E-state index in [4.69, 9.17) is 4.74 Å². The van der Waals surface area contributed by atoms with E-state index in [1.807, 2.05) is 6.92 Å². The third-order valence-corrected chi connectivity index (χ3v) is 3.53. The van der Waals surface area contributed by atoms with Crippen LogP contribution in [0.25, 0.3) is 0 Å². The molecule has 2 aromatic rings. The summed E-state index contributed by atoms with van der Waals surface area (Å²) in [4.78, 5) is 15.8. The smallest absolute Gasteiger partial charge is 0.343 e. The molecule has 0 saturated heterocycles. The molecule has 0 aliphatic heterocycles. The predicted molar refractivity (Wildman–Crippen MR) is 85.1 cm³/mol. The summed E-state index contributed by atoms with van der Waals surface area (Å²) < 4.78 is 36.8. The highest BCUT2D eigenvalue weighted by Gasteiger charge is 2.18. The van der Waals surface area contributed by atoms with E-state index in [1.165, 1.54) is 32.4 Å². The number of ether oxygens (including phenoxy) is 2. The summed E-state index contributed by atoms with van der Waals surface area (Å²) in [5.41, 5.74) is 0.517. The topological polar surface area (TPSA) is 60.5 Å². The second-order valence-corrected chi connectivity index (χ2v) is 5.02. The normalized spacial score (nSPS) is 11.7. The molecule has 0 spiro atoms. The second-order valence-electron chi connectivity index (χ2n) is 5.02. The van der Waals surface area contributed by atoms with Gasteiger partial charge in [0.2, 0.25) is 5.88 Å². The largest absolute Gasteiger partial charge is 0.480 e. The van der Waals surface area contributed by atoms with Gasteiger partial charge in [0.05, 0.1) is 20.3 Å². The van der Waals surface area contributed by atoms with E-state index >= 15 is 0 Å². The monoisotopic (exact) mass is 336 g/mol. The standard InChI is InChI=1S/C17H18F2N2O3/c1-4-14(11-6-5-10(18)9-13(11)19)20-15-8-7-12(17(22)24-3)16(21-15)23-2/h5-9,14H,4H2,1-3H3,(H,20,21). The molecule has 1 atom stereocenters. The Hall–Kier alpha value is -2.70. The number of aromatic nitrogens is 1. The molecule has 1 aromatic carbocycles. The molecule has 0 bridgehead atoms. The molecule has 1 N–H and O–H groups in total. The first kappa shape index (κ1) is 17.7. The Labute approximate surface area is 138 Å². The maximum Gasteiger partial charge on any atom is 0.343 e. The van der Waals surface area contributed by atoms with Crippen LogP contribution in [0.4, 0.5) is 14.6 Å². The van der Waals surface area contributed by atoms with Gasteiger partial charge in [-0.2, -0.15) is 4.98 Å². The predicted octanol–water partition coefficient (Wildman–Crippen LogP) is 3.72. The van der Waals surface area contributed by atoms with Crippen LogP contribution in [-0.4, -0.2) is 25.2 Å². The average Bonchev–Trinajstić information content (AvgIpc) is 2.59. The fraction of sp³-hybridized carbons (Fsp3) is 0.294. The van der Waals surface area contributed by atoms with E-state index in [2.05, 4.69) is 15.0 Å². The van der Waals surface area contributed by atoms with Gasteiger partial charge in [-0.15, -0.1) is 0 Å². The van der Waals surface area contributed by atoms with Gasteiger partial charge in [0, 0.05) is 11.6 Å². The number of hydrogen-bond donors (Lipinski definition) is 1. The van der Waals surface area contributed by atoms with Crippen molar-refractivity contribution in [2.45, 2.75) is 19.4 Å². The zero-order chi connectivity index (χ0) is 17.7. The van der Waals surface area contributed by atoms with Gasteiger partial charge in [-0.3, -0.25) is 0 Å². The highest BCUT2D eigenvalue weighted by atomic mass is 19.1. The average molecular weight is 336 g/mol. The summed E-state index contributed by atoms with van der Waals surface area (Å²) in [6.45, 7) is 1.86. The maximum absolute atomic E-state index is 14.0. The molecule has 1 unspecified atom stereocenters. The number of hydrogen-bond acceptors (Lipinski definition) is 5. The number of nitrogens with one attached hydrogen (secondary N) is 1. The number of carbonyl (C=O) groups excluding carboxylic acids is 1. The number of anilines is 1. The van der Waals surface area contributed by atoms with Gasteiger partial charge in [-0.1, -0.05) is 13.0 Å². The molecule has 1 heterocycles. The fourth-order valence-electron chi connectivity index (χ4n) is 2.30. The summed E-state index contributed by atoms with van der Waals surface area (Å²) in [5, 5.41) is 3.06. The van der Waals surface area contributed by atoms with E-state index in [0.29, 0.717) is 17.8 Å². The molecular weight excluding hydrogens is 318 g/mol. The molecule has 0 aliphatic carbocycles.